The molecule has 2 nitrogen and oxygen atoms in total. The highest BCUT2D eigenvalue weighted by Gasteiger charge is 1.94. The van der Waals surface area contributed by atoms with Crippen LogP contribution in [0.3, 0.4) is 0 Å². The maximum absolute atomic E-state index is 9.01. The van der Waals surface area contributed by atoms with Crippen molar-refractivity contribution in [1.82, 2.24) is 4.90 Å². The van der Waals surface area contributed by atoms with Crippen molar-refractivity contribution in [1.29, 1.82) is 0 Å². The van der Waals surface area contributed by atoms with Gasteiger partial charge >= 0.3 is 0 Å². The second-order valence-electron chi connectivity index (χ2n) is 2.76. The quantitative estimate of drug-likeness (QED) is 0.736. The minimum atomic E-state index is 0.306. The molecule has 0 saturated heterocycles. The molecule has 0 radical (unpaired) electrons. The molecule has 0 unspecified atom stereocenters. The highest BCUT2D eigenvalue weighted by Crippen LogP contribution is 2.10. The summed E-state index contributed by atoms with van der Waals surface area (Å²) >= 11 is 0. The largest absolute Gasteiger partial charge is 0.508 e. The molecule has 12 heavy (non-hydrogen) atoms. The van der Waals surface area contributed by atoms with E-state index in [1.54, 1.807) is 18.3 Å². The van der Waals surface area contributed by atoms with Crippen molar-refractivity contribution < 1.29 is 5.11 Å². The van der Waals surface area contributed by atoms with Crippen LogP contribution in [0.4, 0.5) is 0 Å². The third kappa shape index (κ3) is 2.31. The van der Waals surface area contributed by atoms with E-state index in [1.165, 1.54) is 0 Å². The van der Waals surface area contributed by atoms with Gasteiger partial charge in [-0.3, -0.25) is 0 Å². The Morgan fingerprint density at radius 2 is 2.00 bits per heavy atom. The number of nitrogens with zero attached hydrogens (tertiary/aromatic N) is 1. The third-order valence-electron chi connectivity index (χ3n) is 1.68. The SMILES string of the molecule is C=CN(C)Cc1ccc(O)cc1. The highest BCUT2D eigenvalue weighted by molar-refractivity contribution is 5.25. The third-order valence-corrected chi connectivity index (χ3v) is 1.68. The van der Waals surface area contributed by atoms with E-state index in [1.807, 2.05) is 24.1 Å². The molecule has 0 saturated carbocycles. The van der Waals surface area contributed by atoms with Gasteiger partial charge in [0.2, 0.25) is 0 Å². The van der Waals surface area contributed by atoms with E-state index in [2.05, 4.69) is 6.58 Å². The van der Waals surface area contributed by atoms with Gasteiger partial charge in [-0.25, -0.2) is 0 Å². The lowest BCUT2D eigenvalue weighted by Crippen LogP contribution is -2.08. The molecule has 0 fully saturated rings. The van der Waals surface area contributed by atoms with Crippen LogP contribution in [-0.2, 0) is 6.54 Å². The van der Waals surface area contributed by atoms with Gasteiger partial charge in [-0.15, -0.1) is 0 Å². The molecular weight excluding hydrogens is 150 g/mol. The number of hydrogen-bond donors (Lipinski definition) is 1. The van der Waals surface area contributed by atoms with Crippen LogP contribution in [0.15, 0.2) is 37.0 Å². The number of hydrogen-bond acceptors (Lipinski definition) is 2. The first-order valence-corrected chi connectivity index (χ1v) is 3.83. The number of benzene rings is 1. The maximum Gasteiger partial charge on any atom is 0.115 e. The van der Waals surface area contributed by atoms with Gasteiger partial charge in [0.05, 0.1) is 0 Å². The van der Waals surface area contributed by atoms with Gasteiger partial charge in [0, 0.05) is 13.6 Å². The molecule has 1 rings (SSSR count). The molecule has 0 aromatic heterocycles. The monoisotopic (exact) mass is 163 g/mol. The van der Waals surface area contributed by atoms with Crippen LogP contribution in [0.2, 0.25) is 0 Å². The van der Waals surface area contributed by atoms with Crippen LogP contribution in [0.5, 0.6) is 5.75 Å². The Balaban J connectivity index is 2.64. The first-order chi connectivity index (χ1) is 5.72. The van der Waals surface area contributed by atoms with Crippen molar-refractivity contribution in [3.63, 3.8) is 0 Å². The molecule has 0 spiro atoms. The Labute approximate surface area is 72.8 Å². The number of aromatic hydroxyl groups is 1. The minimum Gasteiger partial charge on any atom is -0.508 e. The summed E-state index contributed by atoms with van der Waals surface area (Å²) in [7, 11) is 1.96. The summed E-state index contributed by atoms with van der Waals surface area (Å²) in [5.74, 6) is 0.306. The molecule has 0 bridgehead atoms. The second kappa shape index (κ2) is 3.81. The van der Waals surface area contributed by atoms with Gasteiger partial charge in [0.1, 0.15) is 5.75 Å². The summed E-state index contributed by atoms with van der Waals surface area (Å²) in [6.07, 6.45) is 1.77. The first-order valence-electron chi connectivity index (χ1n) is 3.83. The fourth-order valence-electron chi connectivity index (χ4n) is 0.954. The van der Waals surface area contributed by atoms with Gasteiger partial charge in [0.25, 0.3) is 0 Å². The van der Waals surface area contributed by atoms with Crippen molar-refractivity contribution in [3.05, 3.63) is 42.6 Å². The average Bonchev–Trinajstić information content (AvgIpc) is 2.09. The number of phenolic OH excluding ortho intramolecular Hbond substituents is 1. The van der Waals surface area contributed by atoms with Crippen LogP contribution in [0.25, 0.3) is 0 Å². The van der Waals surface area contributed by atoms with E-state index in [-0.39, 0.29) is 0 Å². The summed E-state index contributed by atoms with van der Waals surface area (Å²) < 4.78 is 0. The number of phenols is 1. The molecule has 1 aromatic carbocycles. The lowest BCUT2D eigenvalue weighted by Gasteiger charge is -2.12. The van der Waals surface area contributed by atoms with Gasteiger partial charge in [-0.2, -0.15) is 0 Å². The molecule has 2 heteroatoms. The molecule has 0 aliphatic carbocycles. The predicted octanol–water partition coefficient (Wildman–Crippen LogP) is 1.97. The summed E-state index contributed by atoms with van der Waals surface area (Å²) in [5.41, 5.74) is 1.16. The summed E-state index contributed by atoms with van der Waals surface area (Å²) in [4.78, 5) is 1.98. The zero-order valence-corrected chi connectivity index (χ0v) is 7.20. The average molecular weight is 163 g/mol. The fourth-order valence-corrected chi connectivity index (χ4v) is 0.954. The molecule has 0 heterocycles. The van der Waals surface area contributed by atoms with E-state index in [4.69, 9.17) is 5.11 Å². The smallest absolute Gasteiger partial charge is 0.115 e. The second-order valence-corrected chi connectivity index (χ2v) is 2.76. The van der Waals surface area contributed by atoms with Crippen LogP contribution in [0.1, 0.15) is 5.56 Å². The van der Waals surface area contributed by atoms with Crippen molar-refractivity contribution in [3.8, 4) is 5.75 Å². The Morgan fingerprint density at radius 1 is 1.42 bits per heavy atom. The topological polar surface area (TPSA) is 23.5 Å². The summed E-state index contributed by atoms with van der Waals surface area (Å²) in [6, 6.07) is 7.17. The molecule has 1 aromatic rings. The van der Waals surface area contributed by atoms with Gasteiger partial charge in [-0.05, 0) is 23.9 Å². The van der Waals surface area contributed by atoms with E-state index in [9.17, 15) is 0 Å². The molecule has 0 atom stereocenters. The zero-order chi connectivity index (χ0) is 8.97. The van der Waals surface area contributed by atoms with Gasteiger partial charge < -0.3 is 10.0 Å². The maximum atomic E-state index is 9.01. The molecule has 1 N–H and O–H groups in total. The Hall–Kier alpha value is -1.44. The molecular formula is C10H13NO. The summed E-state index contributed by atoms with van der Waals surface area (Å²) in [5, 5.41) is 9.01. The molecule has 0 aliphatic rings. The van der Waals surface area contributed by atoms with E-state index >= 15 is 0 Å². The van der Waals surface area contributed by atoms with Crippen molar-refractivity contribution >= 4 is 0 Å². The zero-order valence-electron chi connectivity index (χ0n) is 7.20. The fraction of sp³-hybridized carbons (Fsp3) is 0.200. The van der Waals surface area contributed by atoms with Crippen LogP contribution in [0, 0.1) is 0 Å². The lowest BCUT2D eigenvalue weighted by molar-refractivity contribution is 0.450. The lowest BCUT2D eigenvalue weighted by atomic mass is 10.2. The van der Waals surface area contributed by atoms with E-state index < -0.39 is 0 Å². The Kier molecular flexibility index (Phi) is 2.75. The molecule has 0 amide bonds. The highest BCUT2D eigenvalue weighted by atomic mass is 16.3. The predicted molar refractivity (Wildman–Crippen MR) is 49.8 cm³/mol. The minimum absolute atomic E-state index is 0.306. The standard InChI is InChI=1S/C10H13NO/c1-3-11(2)8-9-4-6-10(12)7-5-9/h3-7,12H,1,8H2,2H3. The van der Waals surface area contributed by atoms with Crippen LogP contribution in [-0.4, -0.2) is 17.1 Å². The first kappa shape index (κ1) is 8.65. The van der Waals surface area contributed by atoms with Crippen LogP contribution < -0.4 is 0 Å². The Morgan fingerprint density at radius 3 is 2.50 bits per heavy atom. The van der Waals surface area contributed by atoms with Crippen molar-refractivity contribution in [2.24, 2.45) is 0 Å². The van der Waals surface area contributed by atoms with Gasteiger partial charge in [0.15, 0.2) is 0 Å². The van der Waals surface area contributed by atoms with Crippen LogP contribution >= 0.6 is 0 Å². The van der Waals surface area contributed by atoms with Crippen molar-refractivity contribution in [2.45, 2.75) is 6.54 Å². The number of rotatable bonds is 3. The van der Waals surface area contributed by atoms with E-state index in [0.717, 1.165) is 12.1 Å². The molecule has 64 valence electrons. The Bertz CT molecular complexity index is 253. The van der Waals surface area contributed by atoms with Gasteiger partial charge in [-0.1, -0.05) is 18.7 Å². The van der Waals surface area contributed by atoms with Crippen molar-refractivity contribution in [2.75, 3.05) is 7.05 Å². The van der Waals surface area contributed by atoms with E-state index in [0.29, 0.717) is 5.75 Å². The summed E-state index contributed by atoms with van der Waals surface area (Å²) in [6.45, 7) is 4.47. The normalized spacial score (nSPS) is 9.42. The molecule has 0 aliphatic heterocycles.